The fraction of sp³-hybridized carbons (Fsp3) is 0.800. The van der Waals surface area contributed by atoms with Gasteiger partial charge in [0, 0.05) is 0 Å². The van der Waals surface area contributed by atoms with Crippen LogP contribution in [0.25, 0.3) is 0 Å². The highest BCUT2D eigenvalue weighted by atomic mass is 16.5. The van der Waals surface area contributed by atoms with E-state index in [1.54, 1.807) is 0 Å². The van der Waals surface area contributed by atoms with Crippen molar-refractivity contribution < 1.29 is 9.53 Å². The van der Waals surface area contributed by atoms with Crippen LogP contribution < -0.4 is 5.32 Å². The normalized spacial score (nSPS) is 17.6. The van der Waals surface area contributed by atoms with Crippen LogP contribution in [0.5, 0.6) is 0 Å². The number of carbonyl (C=O) groups is 1. The third-order valence-corrected chi connectivity index (χ3v) is 1.01. The summed E-state index contributed by atoms with van der Waals surface area (Å²) in [6.45, 7) is 0. The van der Waals surface area contributed by atoms with Crippen molar-refractivity contribution in [3.8, 4) is 0 Å². The molecule has 0 unspecified atom stereocenters. The van der Waals surface area contributed by atoms with E-state index in [-0.39, 0.29) is 6.04 Å². The molecular weight excluding hydrogens is 106 g/mol. The zero-order valence-corrected chi connectivity index (χ0v) is 4.76. The average molecular weight is 114 g/mol. The van der Waals surface area contributed by atoms with Crippen molar-refractivity contribution in [2.45, 2.75) is 18.9 Å². The Morgan fingerprint density at radius 2 is 2.38 bits per heavy atom. The van der Waals surface area contributed by atoms with Crippen LogP contribution in [0.3, 0.4) is 0 Å². The van der Waals surface area contributed by atoms with Crippen molar-refractivity contribution in [1.29, 1.82) is 0 Å². The Labute approximate surface area is 48.0 Å². The zero-order chi connectivity index (χ0) is 5.98. The first kappa shape index (κ1) is 5.41. The number of nitrogens with zero attached hydrogens (tertiary/aromatic N) is 1. The molecule has 1 aliphatic carbocycles. The van der Waals surface area contributed by atoms with Crippen molar-refractivity contribution in [2.75, 3.05) is 7.11 Å². The minimum Gasteiger partial charge on any atom is -0.452 e. The molecule has 0 aromatic heterocycles. The van der Waals surface area contributed by atoms with Gasteiger partial charge in [-0.25, -0.2) is 10.1 Å². The van der Waals surface area contributed by atoms with Gasteiger partial charge in [-0.1, -0.05) is 0 Å². The van der Waals surface area contributed by atoms with Gasteiger partial charge in [0.1, 0.15) is 0 Å². The Kier molecular flexibility index (Phi) is 1.37. The van der Waals surface area contributed by atoms with Crippen molar-refractivity contribution >= 4 is 6.09 Å². The number of amides is 1. The molecule has 0 atom stereocenters. The maximum atomic E-state index is 10.3. The second-order valence-electron chi connectivity index (χ2n) is 1.83. The van der Waals surface area contributed by atoms with E-state index < -0.39 is 6.09 Å². The fourth-order valence-electron chi connectivity index (χ4n) is 0.405. The number of methoxy groups -OCH3 is 1. The van der Waals surface area contributed by atoms with E-state index in [1.807, 2.05) is 0 Å². The summed E-state index contributed by atoms with van der Waals surface area (Å²) in [5.41, 5.74) is 0. The molecule has 0 N–H and O–H groups in total. The van der Waals surface area contributed by atoms with Gasteiger partial charge < -0.3 is 4.74 Å². The lowest BCUT2D eigenvalue weighted by molar-refractivity contribution is 0.169. The number of rotatable bonds is 1. The summed E-state index contributed by atoms with van der Waals surface area (Å²) in [5, 5.41) is 3.65. The molecule has 1 amide bonds. The third kappa shape index (κ3) is 1.40. The molecule has 0 spiro atoms. The van der Waals surface area contributed by atoms with Gasteiger partial charge in [0.25, 0.3) is 0 Å². The van der Waals surface area contributed by atoms with Gasteiger partial charge in [-0.15, -0.1) is 0 Å². The molecule has 0 saturated heterocycles. The summed E-state index contributed by atoms with van der Waals surface area (Å²) in [5.74, 6) is 0. The van der Waals surface area contributed by atoms with Gasteiger partial charge in [0.2, 0.25) is 0 Å². The van der Waals surface area contributed by atoms with Crippen molar-refractivity contribution in [1.82, 2.24) is 5.32 Å². The van der Waals surface area contributed by atoms with E-state index in [2.05, 4.69) is 10.1 Å². The summed E-state index contributed by atoms with van der Waals surface area (Å²) in [4.78, 5) is 10.3. The Bertz CT molecular complexity index is 98.6. The van der Waals surface area contributed by atoms with E-state index in [1.165, 1.54) is 7.11 Å². The summed E-state index contributed by atoms with van der Waals surface area (Å²) in [6, 6.07) is 0.280. The van der Waals surface area contributed by atoms with E-state index in [0.717, 1.165) is 12.8 Å². The first-order chi connectivity index (χ1) is 3.83. The van der Waals surface area contributed by atoms with Crippen LogP contribution in [0, 0.1) is 0 Å². The maximum absolute atomic E-state index is 10.3. The third-order valence-electron chi connectivity index (χ3n) is 1.01. The van der Waals surface area contributed by atoms with Gasteiger partial charge in [-0.3, -0.25) is 0 Å². The molecule has 1 fully saturated rings. The van der Waals surface area contributed by atoms with Gasteiger partial charge in [0.05, 0.1) is 13.2 Å². The van der Waals surface area contributed by atoms with Crippen LogP contribution in [-0.2, 0) is 4.74 Å². The quantitative estimate of drug-likeness (QED) is 0.498. The van der Waals surface area contributed by atoms with Gasteiger partial charge in [-0.2, -0.15) is 0 Å². The van der Waals surface area contributed by atoms with E-state index in [0.29, 0.717) is 0 Å². The molecular formula is C5H8NO2. The zero-order valence-electron chi connectivity index (χ0n) is 4.76. The van der Waals surface area contributed by atoms with Crippen LogP contribution in [0.2, 0.25) is 0 Å². The minimum absolute atomic E-state index is 0.280. The molecule has 8 heavy (non-hydrogen) atoms. The molecule has 1 radical (unpaired) electrons. The van der Waals surface area contributed by atoms with Gasteiger partial charge in [0.15, 0.2) is 0 Å². The molecule has 0 aromatic carbocycles. The van der Waals surface area contributed by atoms with Crippen LogP contribution >= 0.6 is 0 Å². The van der Waals surface area contributed by atoms with Crippen molar-refractivity contribution in [3.63, 3.8) is 0 Å². The topological polar surface area (TPSA) is 40.4 Å². The summed E-state index contributed by atoms with van der Waals surface area (Å²) in [7, 11) is 1.34. The second kappa shape index (κ2) is 2.03. The first-order valence-corrected chi connectivity index (χ1v) is 2.61. The summed E-state index contributed by atoms with van der Waals surface area (Å²) in [6.07, 6.45) is 1.66. The van der Waals surface area contributed by atoms with E-state index in [4.69, 9.17) is 0 Å². The van der Waals surface area contributed by atoms with Crippen LogP contribution in [0.1, 0.15) is 12.8 Å². The Morgan fingerprint density at radius 3 is 2.75 bits per heavy atom. The van der Waals surface area contributed by atoms with E-state index in [9.17, 15) is 4.79 Å². The molecule has 1 rings (SSSR count). The van der Waals surface area contributed by atoms with Crippen LogP contribution in [0.15, 0.2) is 0 Å². The maximum Gasteiger partial charge on any atom is 0.428 e. The largest absolute Gasteiger partial charge is 0.452 e. The summed E-state index contributed by atoms with van der Waals surface area (Å²) >= 11 is 0. The van der Waals surface area contributed by atoms with Gasteiger partial charge >= 0.3 is 6.09 Å². The van der Waals surface area contributed by atoms with Crippen LogP contribution in [-0.4, -0.2) is 19.2 Å². The highest BCUT2D eigenvalue weighted by Gasteiger charge is 2.25. The molecule has 0 aliphatic heterocycles. The highest BCUT2D eigenvalue weighted by Crippen LogP contribution is 2.19. The Morgan fingerprint density at radius 1 is 1.75 bits per heavy atom. The predicted octanol–water partition coefficient (Wildman–Crippen LogP) is 0.520. The number of hydrogen-bond acceptors (Lipinski definition) is 2. The number of hydrogen-bond donors (Lipinski definition) is 0. The predicted molar refractivity (Wildman–Crippen MR) is 27.6 cm³/mol. The lowest BCUT2D eigenvalue weighted by atomic mass is 10.7. The molecule has 3 heteroatoms. The number of ether oxygens (including phenoxy) is 1. The molecule has 0 bridgehead atoms. The van der Waals surface area contributed by atoms with E-state index >= 15 is 0 Å². The second-order valence-corrected chi connectivity index (χ2v) is 1.83. The smallest absolute Gasteiger partial charge is 0.428 e. The Hall–Kier alpha value is -0.730. The average Bonchev–Trinajstić information content (AvgIpc) is 2.50. The summed E-state index contributed by atoms with van der Waals surface area (Å²) < 4.78 is 4.30. The first-order valence-electron chi connectivity index (χ1n) is 2.61. The molecule has 1 saturated carbocycles. The SMILES string of the molecule is COC(=O)[N]C1CC1. The monoisotopic (exact) mass is 114 g/mol. The minimum atomic E-state index is -0.438. The molecule has 0 heterocycles. The van der Waals surface area contributed by atoms with Gasteiger partial charge in [-0.05, 0) is 12.8 Å². The fourth-order valence-corrected chi connectivity index (χ4v) is 0.405. The van der Waals surface area contributed by atoms with Crippen molar-refractivity contribution in [2.24, 2.45) is 0 Å². The highest BCUT2D eigenvalue weighted by molar-refractivity contribution is 5.67. The molecule has 45 valence electrons. The van der Waals surface area contributed by atoms with Crippen molar-refractivity contribution in [3.05, 3.63) is 0 Å². The lowest BCUT2D eigenvalue weighted by Crippen LogP contribution is -2.16. The number of carbonyl (C=O) groups excluding carboxylic acids is 1. The van der Waals surface area contributed by atoms with Crippen LogP contribution in [0.4, 0.5) is 4.79 Å². The molecule has 3 nitrogen and oxygen atoms in total. The Balaban J connectivity index is 2.07. The molecule has 1 aliphatic rings. The lowest BCUT2D eigenvalue weighted by Gasteiger charge is -1.93. The standard InChI is InChI=1S/C5H8NO2/c1-8-5(7)6-4-2-3-4/h4H,2-3H2,1H3. The molecule has 0 aromatic rings.